The maximum atomic E-state index is 14.4. The molecule has 0 aliphatic rings. The summed E-state index contributed by atoms with van der Waals surface area (Å²) in [5.74, 6) is -1.87. The van der Waals surface area contributed by atoms with E-state index in [0.717, 1.165) is 21.5 Å². The molecule has 1 atom stereocenters. The van der Waals surface area contributed by atoms with Gasteiger partial charge in [-0.2, -0.15) is 0 Å². The van der Waals surface area contributed by atoms with E-state index >= 15 is 0 Å². The first-order chi connectivity index (χ1) is 16.2. The van der Waals surface area contributed by atoms with Crippen molar-refractivity contribution in [2.45, 2.75) is 46.3 Å². The lowest BCUT2D eigenvalue weighted by Gasteiger charge is -2.32. The summed E-state index contributed by atoms with van der Waals surface area (Å²) < 4.78 is 40.4. The van der Waals surface area contributed by atoms with Crippen molar-refractivity contribution in [3.63, 3.8) is 0 Å². The standard InChI is InChI=1S/C23H29FN4O6S/c1-15(2)25-23(30)17(4)26(13-18-8-6-7-9-20(18)24)22(29)14-27(35(5,33)34)21-12-19(28(31)32)11-10-16(21)3/h6-12,15,17H,13-14H2,1-5H3,(H,25,30)/t17-/m0/s1. The predicted octanol–water partition coefficient (Wildman–Crippen LogP) is 2.75. The molecular weight excluding hydrogens is 479 g/mol. The van der Waals surface area contributed by atoms with Gasteiger partial charge in [-0.25, -0.2) is 12.8 Å². The number of nitro benzene ring substituents is 1. The lowest BCUT2D eigenvalue weighted by Crippen LogP contribution is -2.52. The number of rotatable bonds is 10. The van der Waals surface area contributed by atoms with E-state index in [0.29, 0.717) is 5.56 Å². The van der Waals surface area contributed by atoms with Crippen molar-refractivity contribution >= 4 is 33.2 Å². The lowest BCUT2D eigenvalue weighted by molar-refractivity contribution is -0.384. The minimum Gasteiger partial charge on any atom is -0.352 e. The third-order valence-electron chi connectivity index (χ3n) is 5.25. The topological polar surface area (TPSA) is 130 Å². The van der Waals surface area contributed by atoms with Crippen molar-refractivity contribution in [1.82, 2.24) is 10.2 Å². The largest absolute Gasteiger partial charge is 0.352 e. The van der Waals surface area contributed by atoms with Crippen molar-refractivity contribution in [2.75, 3.05) is 17.1 Å². The summed E-state index contributed by atoms with van der Waals surface area (Å²) in [5.41, 5.74) is 0.141. The smallest absolute Gasteiger partial charge is 0.271 e. The molecule has 1 N–H and O–H groups in total. The van der Waals surface area contributed by atoms with Crippen LogP contribution in [0.3, 0.4) is 0 Å². The number of benzene rings is 2. The van der Waals surface area contributed by atoms with Gasteiger partial charge < -0.3 is 10.2 Å². The molecule has 0 bridgehead atoms. The number of hydrogen-bond acceptors (Lipinski definition) is 6. The Bertz CT molecular complexity index is 1220. The molecule has 0 unspecified atom stereocenters. The zero-order chi connectivity index (χ0) is 26.5. The van der Waals surface area contributed by atoms with Crippen LogP contribution in [0.25, 0.3) is 0 Å². The second-order valence-electron chi connectivity index (χ2n) is 8.45. The van der Waals surface area contributed by atoms with Crippen LogP contribution in [0.5, 0.6) is 0 Å². The molecular formula is C23H29FN4O6S. The van der Waals surface area contributed by atoms with E-state index in [1.807, 2.05) is 0 Å². The molecule has 0 fully saturated rings. The molecule has 2 aromatic rings. The number of sulfonamides is 1. The Morgan fingerprint density at radius 2 is 1.77 bits per heavy atom. The van der Waals surface area contributed by atoms with Crippen molar-refractivity contribution in [2.24, 2.45) is 0 Å². The van der Waals surface area contributed by atoms with Gasteiger partial charge in [0.15, 0.2) is 0 Å². The lowest BCUT2D eigenvalue weighted by atomic mass is 10.1. The van der Waals surface area contributed by atoms with Gasteiger partial charge in [0.25, 0.3) is 5.69 Å². The number of anilines is 1. The molecule has 0 saturated heterocycles. The minimum absolute atomic E-state index is 0.0415. The second-order valence-corrected chi connectivity index (χ2v) is 10.4. The highest BCUT2D eigenvalue weighted by atomic mass is 32.2. The monoisotopic (exact) mass is 508 g/mol. The van der Waals surface area contributed by atoms with Crippen molar-refractivity contribution < 1.29 is 27.3 Å². The average Bonchev–Trinajstić information content (AvgIpc) is 2.75. The number of hydrogen-bond donors (Lipinski definition) is 1. The Morgan fingerprint density at radius 1 is 1.14 bits per heavy atom. The van der Waals surface area contributed by atoms with Gasteiger partial charge in [-0.15, -0.1) is 0 Å². The number of nitrogens with one attached hydrogen (secondary N) is 1. The zero-order valence-corrected chi connectivity index (χ0v) is 21.0. The normalized spacial score (nSPS) is 12.2. The predicted molar refractivity (Wildman–Crippen MR) is 130 cm³/mol. The fraction of sp³-hybridized carbons (Fsp3) is 0.391. The first-order valence-corrected chi connectivity index (χ1v) is 12.6. The number of carbonyl (C=O) groups excluding carboxylic acids is 2. The summed E-state index contributed by atoms with van der Waals surface area (Å²) in [5, 5.41) is 13.9. The van der Waals surface area contributed by atoms with Crippen LogP contribution in [0, 0.1) is 22.9 Å². The third-order valence-corrected chi connectivity index (χ3v) is 6.37. The molecule has 190 valence electrons. The van der Waals surface area contributed by atoms with Gasteiger partial charge in [0.1, 0.15) is 18.4 Å². The highest BCUT2D eigenvalue weighted by Gasteiger charge is 2.31. The van der Waals surface area contributed by atoms with Crippen LogP contribution < -0.4 is 9.62 Å². The molecule has 0 aromatic heterocycles. The van der Waals surface area contributed by atoms with E-state index in [-0.39, 0.29) is 29.5 Å². The van der Waals surface area contributed by atoms with Gasteiger partial charge in [-0.3, -0.25) is 24.0 Å². The summed E-state index contributed by atoms with van der Waals surface area (Å²) >= 11 is 0. The fourth-order valence-electron chi connectivity index (χ4n) is 3.37. The van der Waals surface area contributed by atoms with Gasteiger partial charge in [-0.1, -0.05) is 24.3 Å². The molecule has 0 radical (unpaired) electrons. The Hall–Kier alpha value is -3.54. The quantitative estimate of drug-likeness (QED) is 0.388. The molecule has 2 amide bonds. The summed E-state index contributed by atoms with van der Waals surface area (Å²) in [4.78, 5) is 37.8. The van der Waals surface area contributed by atoms with E-state index in [4.69, 9.17) is 0 Å². The van der Waals surface area contributed by atoms with Crippen LogP contribution in [-0.4, -0.2) is 54.9 Å². The molecule has 0 spiro atoms. The average molecular weight is 509 g/mol. The molecule has 10 nitrogen and oxygen atoms in total. The Labute approximate surface area is 203 Å². The van der Waals surface area contributed by atoms with Crippen LogP contribution >= 0.6 is 0 Å². The highest BCUT2D eigenvalue weighted by Crippen LogP contribution is 2.28. The summed E-state index contributed by atoms with van der Waals surface area (Å²) in [6.07, 6.45) is 0.870. The number of nitrogens with zero attached hydrogens (tertiary/aromatic N) is 3. The number of nitro groups is 1. The molecule has 0 heterocycles. The second kappa shape index (κ2) is 11.3. The molecule has 2 aromatic carbocycles. The summed E-state index contributed by atoms with van der Waals surface area (Å²) in [6.45, 7) is 5.46. The SMILES string of the molecule is Cc1ccc([N+](=O)[O-])cc1N(CC(=O)N(Cc1ccccc1F)[C@@H](C)C(=O)NC(C)C)S(C)(=O)=O. The number of halogens is 1. The van der Waals surface area contributed by atoms with Gasteiger partial charge in [0, 0.05) is 30.3 Å². The Kier molecular flexibility index (Phi) is 8.91. The van der Waals surface area contributed by atoms with Gasteiger partial charge in [-0.05, 0) is 39.3 Å². The summed E-state index contributed by atoms with van der Waals surface area (Å²) in [7, 11) is -4.07. The van der Waals surface area contributed by atoms with Crippen LogP contribution in [0.2, 0.25) is 0 Å². The van der Waals surface area contributed by atoms with E-state index in [9.17, 15) is 32.5 Å². The van der Waals surface area contributed by atoms with E-state index in [2.05, 4.69) is 5.32 Å². The molecule has 0 aliphatic carbocycles. The zero-order valence-electron chi connectivity index (χ0n) is 20.2. The molecule has 35 heavy (non-hydrogen) atoms. The van der Waals surface area contributed by atoms with Gasteiger partial charge in [0.2, 0.25) is 21.8 Å². The van der Waals surface area contributed by atoms with Crippen LogP contribution in [0.15, 0.2) is 42.5 Å². The third kappa shape index (κ3) is 7.22. The number of amides is 2. The summed E-state index contributed by atoms with van der Waals surface area (Å²) in [6, 6.07) is 8.13. The Balaban J connectivity index is 2.50. The molecule has 2 rings (SSSR count). The number of aryl methyl sites for hydroxylation is 1. The molecule has 12 heteroatoms. The fourth-order valence-corrected chi connectivity index (χ4v) is 4.27. The van der Waals surface area contributed by atoms with Gasteiger partial charge in [0.05, 0.1) is 16.9 Å². The number of carbonyl (C=O) groups is 2. The number of non-ortho nitro benzene ring substituents is 1. The highest BCUT2D eigenvalue weighted by molar-refractivity contribution is 7.92. The van der Waals surface area contributed by atoms with Crippen LogP contribution in [-0.2, 0) is 26.2 Å². The van der Waals surface area contributed by atoms with E-state index in [1.54, 1.807) is 26.8 Å². The maximum Gasteiger partial charge on any atom is 0.271 e. The van der Waals surface area contributed by atoms with E-state index in [1.165, 1.54) is 37.3 Å². The first kappa shape index (κ1) is 27.7. The van der Waals surface area contributed by atoms with E-state index < -0.39 is 45.2 Å². The maximum absolute atomic E-state index is 14.4. The Morgan fingerprint density at radius 3 is 2.31 bits per heavy atom. The van der Waals surface area contributed by atoms with Crippen molar-refractivity contribution in [3.8, 4) is 0 Å². The molecule has 0 aliphatic heterocycles. The van der Waals surface area contributed by atoms with Crippen molar-refractivity contribution in [3.05, 3.63) is 69.5 Å². The van der Waals surface area contributed by atoms with Crippen LogP contribution in [0.4, 0.5) is 15.8 Å². The minimum atomic E-state index is -4.07. The van der Waals surface area contributed by atoms with Crippen molar-refractivity contribution in [1.29, 1.82) is 0 Å². The molecule has 0 saturated carbocycles. The van der Waals surface area contributed by atoms with Crippen LogP contribution in [0.1, 0.15) is 31.9 Å². The first-order valence-electron chi connectivity index (χ1n) is 10.8. The van der Waals surface area contributed by atoms with Gasteiger partial charge >= 0.3 is 0 Å².